The molecule has 1 aliphatic carbocycles. The van der Waals surface area contributed by atoms with E-state index in [4.69, 9.17) is 4.52 Å². The number of hydrogen-bond acceptors (Lipinski definition) is 4. The minimum atomic E-state index is -2.51. The average Bonchev–Trinajstić information content (AvgIpc) is 2.75. The highest BCUT2D eigenvalue weighted by atomic mass is 19.3. The van der Waals surface area contributed by atoms with Gasteiger partial charge >= 0.3 is 0 Å². The van der Waals surface area contributed by atoms with E-state index < -0.39 is 5.92 Å². The molecule has 3 rings (SSSR count). The quantitative estimate of drug-likeness (QED) is 0.902. The highest BCUT2D eigenvalue weighted by Gasteiger charge is 2.37. The maximum absolute atomic E-state index is 13.2. The van der Waals surface area contributed by atoms with Crippen molar-refractivity contribution < 1.29 is 13.3 Å². The predicted molar refractivity (Wildman–Crippen MR) is 69.7 cm³/mol. The summed E-state index contributed by atoms with van der Waals surface area (Å²) >= 11 is 0. The van der Waals surface area contributed by atoms with Crippen LogP contribution in [0, 0.1) is 0 Å². The molecule has 1 saturated carbocycles. The van der Waals surface area contributed by atoms with Gasteiger partial charge in [0.1, 0.15) is 0 Å². The van der Waals surface area contributed by atoms with Crippen molar-refractivity contribution in [1.29, 1.82) is 0 Å². The Kier molecular flexibility index (Phi) is 4.01. The summed E-state index contributed by atoms with van der Waals surface area (Å²) in [5, 5.41) is 7.48. The standard InChI is InChI=1S/C14H21F2N3O/c15-14(16)7-5-10(6-8-14)13-18-12(19-20-13)11-4-2-1-3-9-17-11/h10-11,17H,1-9H2. The Bertz CT molecular complexity index is 431. The molecular formula is C14H21F2N3O. The van der Waals surface area contributed by atoms with Gasteiger partial charge in [-0.1, -0.05) is 18.0 Å². The molecule has 1 aliphatic heterocycles. The zero-order chi connectivity index (χ0) is 14.0. The van der Waals surface area contributed by atoms with E-state index in [9.17, 15) is 8.78 Å². The largest absolute Gasteiger partial charge is 0.339 e. The van der Waals surface area contributed by atoms with Crippen molar-refractivity contribution in [3.63, 3.8) is 0 Å². The Labute approximate surface area is 117 Å². The van der Waals surface area contributed by atoms with E-state index in [1.54, 1.807) is 0 Å². The SMILES string of the molecule is FC1(F)CCC(c2nc(C3CCCCCN3)no2)CC1. The summed E-state index contributed by atoms with van der Waals surface area (Å²) in [6.45, 7) is 0.976. The maximum Gasteiger partial charge on any atom is 0.248 e. The Balaban J connectivity index is 1.64. The zero-order valence-corrected chi connectivity index (χ0v) is 11.6. The van der Waals surface area contributed by atoms with E-state index in [0.29, 0.717) is 24.6 Å². The summed E-state index contributed by atoms with van der Waals surface area (Å²) in [6.07, 6.45) is 5.32. The van der Waals surface area contributed by atoms with Crippen LogP contribution in [0.2, 0.25) is 0 Å². The van der Waals surface area contributed by atoms with Crippen molar-refractivity contribution >= 4 is 0 Å². The van der Waals surface area contributed by atoms with Crippen LogP contribution in [0.15, 0.2) is 4.52 Å². The summed E-state index contributed by atoms with van der Waals surface area (Å²) in [4.78, 5) is 4.46. The van der Waals surface area contributed by atoms with Gasteiger partial charge in [0, 0.05) is 18.8 Å². The molecule has 2 fully saturated rings. The van der Waals surface area contributed by atoms with Crippen molar-refractivity contribution in [3.8, 4) is 0 Å². The van der Waals surface area contributed by atoms with Crippen LogP contribution < -0.4 is 5.32 Å². The van der Waals surface area contributed by atoms with Crippen LogP contribution in [0.1, 0.15) is 75.0 Å². The molecule has 1 N–H and O–H groups in total. The van der Waals surface area contributed by atoms with Gasteiger partial charge in [0.2, 0.25) is 11.8 Å². The highest BCUT2D eigenvalue weighted by Crippen LogP contribution is 2.40. The number of nitrogens with zero attached hydrogens (tertiary/aromatic N) is 2. The van der Waals surface area contributed by atoms with Gasteiger partial charge in [0.15, 0.2) is 5.82 Å². The maximum atomic E-state index is 13.2. The zero-order valence-electron chi connectivity index (χ0n) is 11.6. The molecule has 1 aromatic heterocycles. The van der Waals surface area contributed by atoms with E-state index >= 15 is 0 Å². The van der Waals surface area contributed by atoms with E-state index in [1.165, 1.54) is 12.8 Å². The molecule has 1 aromatic rings. The van der Waals surface area contributed by atoms with Crippen LogP contribution in [0.4, 0.5) is 8.78 Å². The lowest BCUT2D eigenvalue weighted by Gasteiger charge is -2.25. The Hall–Kier alpha value is -1.04. The first-order chi connectivity index (χ1) is 9.64. The van der Waals surface area contributed by atoms with Crippen LogP contribution in [-0.2, 0) is 0 Å². The number of hydrogen-bond donors (Lipinski definition) is 1. The third-order valence-corrected chi connectivity index (χ3v) is 4.40. The number of rotatable bonds is 2. The van der Waals surface area contributed by atoms with Crippen molar-refractivity contribution in [2.45, 2.75) is 69.2 Å². The fourth-order valence-corrected chi connectivity index (χ4v) is 3.09. The van der Waals surface area contributed by atoms with Crippen molar-refractivity contribution in [1.82, 2.24) is 15.5 Å². The van der Waals surface area contributed by atoms with Gasteiger partial charge in [0.05, 0.1) is 6.04 Å². The van der Waals surface area contributed by atoms with Crippen molar-refractivity contribution in [2.75, 3.05) is 6.54 Å². The van der Waals surface area contributed by atoms with Gasteiger partial charge in [-0.3, -0.25) is 0 Å². The molecule has 112 valence electrons. The minimum absolute atomic E-state index is 0.00153. The first-order valence-electron chi connectivity index (χ1n) is 7.59. The van der Waals surface area contributed by atoms with Crippen LogP contribution >= 0.6 is 0 Å². The highest BCUT2D eigenvalue weighted by molar-refractivity contribution is 5.01. The fraction of sp³-hybridized carbons (Fsp3) is 0.857. The molecule has 20 heavy (non-hydrogen) atoms. The molecule has 1 atom stereocenters. The van der Waals surface area contributed by atoms with Crippen molar-refractivity contribution in [3.05, 3.63) is 11.7 Å². The monoisotopic (exact) mass is 285 g/mol. The van der Waals surface area contributed by atoms with E-state index in [0.717, 1.165) is 19.4 Å². The molecule has 6 heteroatoms. The number of nitrogens with one attached hydrogen (secondary N) is 1. The number of alkyl halides is 2. The molecule has 2 heterocycles. The lowest BCUT2D eigenvalue weighted by atomic mass is 9.87. The van der Waals surface area contributed by atoms with Crippen LogP contribution in [0.5, 0.6) is 0 Å². The van der Waals surface area contributed by atoms with Gasteiger partial charge in [-0.15, -0.1) is 0 Å². The van der Waals surface area contributed by atoms with Gasteiger partial charge in [0.25, 0.3) is 0 Å². The molecule has 1 saturated heterocycles. The first kappa shape index (κ1) is 13.9. The molecule has 0 spiro atoms. The smallest absolute Gasteiger partial charge is 0.248 e. The van der Waals surface area contributed by atoms with E-state index in [-0.39, 0.29) is 24.8 Å². The molecule has 4 nitrogen and oxygen atoms in total. The van der Waals surface area contributed by atoms with Crippen LogP contribution in [0.3, 0.4) is 0 Å². The molecule has 0 bridgehead atoms. The Morgan fingerprint density at radius 3 is 2.70 bits per heavy atom. The molecule has 0 radical (unpaired) electrons. The average molecular weight is 285 g/mol. The number of halogens is 2. The van der Waals surface area contributed by atoms with Gasteiger partial charge in [-0.05, 0) is 32.2 Å². The third kappa shape index (κ3) is 3.16. The fourth-order valence-electron chi connectivity index (χ4n) is 3.09. The Morgan fingerprint density at radius 2 is 1.90 bits per heavy atom. The minimum Gasteiger partial charge on any atom is -0.339 e. The summed E-state index contributed by atoms with van der Waals surface area (Å²) in [6, 6.07) is 0.153. The molecular weight excluding hydrogens is 264 g/mol. The summed E-state index contributed by atoms with van der Waals surface area (Å²) in [7, 11) is 0. The summed E-state index contributed by atoms with van der Waals surface area (Å²) in [5.74, 6) is -1.27. The van der Waals surface area contributed by atoms with Crippen LogP contribution in [-0.4, -0.2) is 22.6 Å². The van der Waals surface area contributed by atoms with Gasteiger partial charge in [-0.2, -0.15) is 4.98 Å². The summed E-state index contributed by atoms with van der Waals surface area (Å²) in [5.41, 5.74) is 0. The molecule has 0 amide bonds. The summed E-state index contributed by atoms with van der Waals surface area (Å²) < 4.78 is 31.6. The predicted octanol–water partition coefficient (Wildman–Crippen LogP) is 3.57. The molecule has 1 unspecified atom stereocenters. The Morgan fingerprint density at radius 1 is 1.10 bits per heavy atom. The second kappa shape index (κ2) is 5.76. The van der Waals surface area contributed by atoms with Crippen LogP contribution in [0.25, 0.3) is 0 Å². The lowest BCUT2D eigenvalue weighted by Crippen LogP contribution is -2.24. The lowest BCUT2D eigenvalue weighted by molar-refractivity contribution is -0.0402. The van der Waals surface area contributed by atoms with E-state index in [2.05, 4.69) is 15.5 Å². The second-order valence-electron chi connectivity index (χ2n) is 5.98. The number of aromatic nitrogens is 2. The molecule has 0 aromatic carbocycles. The van der Waals surface area contributed by atoms with Crippen molar-refractivity contribution in [2.24, 2.45) is 0 Å². The van der Waals surface area contributed by atoms with Gasteiger partial charge < -0.3 is 9.84 Å². The van der Waals surface area contributed by atoms with Gasteiger partial charge in [-0.25, -0.2) is 8.78 Å². The second-order valence-corrected chi connectivity index (χ2v) is 5.98. The topological polar surface area (TPSA) is 51.0 Å². The third-order valence-electron chi connectivity index (χ3n) is 4.40. The molecule has 2 aliphatic rings. The first-order valence-corrected chi connectivity index (χ1v) is 7.59. The normalized spacial score (nSPS) is 28.2. The van der Waals surface area contributed by atoms with E-state index in [1.807, 2.05) is 0 Å².